The maximum absolute atomic E-state index is 12.8. The number of aromatic nitrogens is 4. The predicted octanol–water partition coefficient (Wildman–Crippen LogP) is 3.82. The molecule has 0 amide bonds. The number of anilines is 4. The predicted molar refractivity (Wildman–Crippen MR) is 149 cm³/mol. The molecule has 1 saturated heterocycles. The van der Waals surface area contributed by atoms with Crippen molar-refractivity contribution < 1.29 is 21.9 Å². The van der Waals surface area contributed by atoms with Gasteiger partial charge in [-0.25, -0.2) is 17.7 Å². The van der Waals surface area contributed by atoms with Crippen LogP contribution in [0.4, 0.5) is 23.1 Å². The second-order valence-corrected chi connectivity index (χ2v) is 13.7. The zero-order valence-corrected chi connectivity index (χ0v) is 24.8. The summed E-state index contributed by atoms with van der Waals surface area (Å²) in [5.74, 6) is 1.04. The van der Waals surface area contributed by atoms with Gasteiger partial charge in [-0.1, -0.05) is 11.6 Å². The lowest BCUT2D eigenvalue weighted by atomic mass is 9.89. The Bertz CT molecular complexity index is 1500. The molecule has 39 heavy (non-hydrogen) atoms. The molecule has 3 aromatic rings. The summed E-state index contributed by atoms with van der Waals surface area (Å²) in [6.07, 6.45) is 2.83. The van der Waals surface area contributed by atoms with Crippen molar-refractivity contribution in [1.29, 1.82) is 0 Å². The van der Waals surface area contributed by atoms with E-state index >= 15 is 0 Å². The molecule has 0 saturated carbocycles. The van der Waals surface area contributed by atoms with Gasteiger partial charge in [0.15, 0.2) is 5.82 Å². The molecule has 212 valence electrons. The van der Waals surface area contributed by atoms with E-state index in [9.17, 15) is 17.2 Å². The normalized spacial score (nSPS) is 15.4. The quantitative estimate of drug-likeness (QED) is 0.330. The molecule has 0 aliphatic carbocycles. The lowest BCUT2D eigenvalue weighted by Crippen LogP contribution is -2.45. The summed E-state index contributed by atoms with van der Waals surface area (Å²) < 4.78 is 56.9. The van der Waals surface area contributed by atoms with E-state index in [1.807, 2.05) is 32.9 Å². The van der Waals surface area contributed by atoms with Gasteiger partial charge in [-0.3, -0.25) is 8.89 Å². The van der Waals surface area contributed by atoms with Gasteiger partial charge >= 0.3 is 0 Å². The highest BCUT2D eigenvalue weighted by atomic mass is 35.5. The van der Waals surface area contributed by atoms with E-state index in [-0.39, 0.29) is 39.5 Å². The Morgan fingerprint density at radius 1 is 1.18 bits per heavy atom. The Labute approximate surface area is 235 Å². The van der Waals surface area contributed by atoms with Crippen LogP contribution < -0.4 is 15.4 Å². The van der Waals surface area contributed by atoms with E-state index in [1.165, 1.54) is 15.2 Å². The fraction of sp³-hybridized carbons (Fsp3) is 0.458. The van der Waals surface area contributed by atoms with E-state index in [0.717, 1.165) is 11.1 Å². The van der Waals surface area contributed by atoms with E-state index in [4.69, 9.17) is 16.3 Å². The van der Waals surface area contributed by atoms with Gasteiger partial charge in [0, 0.05) is 43.5 Å². The number of hydrogen-bond donors (Lipinski definition) is 2. The zero-order chi connectivity index (χ0) is 28.6. The van der Waals surface area contributed by atoms with Crippen molar-refractivity contribution in [3.05, 3.63) is 40.7 Å². The summed E-state index contributed by atoms with van der Waals surface area (Å²) in [6, 6.07) is 3.82. The van der Waals surface area contributed by atoms with Gasteiger partial charge in [0.25, 0.3) is 0 Å². The van der Waals surface area contributed by atoms with E-state index < -0.39 is 26.4 Å². The number of ether oxygens (including phenoxy) is 1. The van der Waals surface area contributed by atoms with Crippen LogP contribution >= 0.6 is 11.6 Å². The van der Waals surface area contributed by atoms with Crippen LogP contribution in [0.3, 0.4) is 0 Å². The smallest absolute Gasteiger partial charge is 0.229 e. The lowest BCUT2D eigenvalue weighted by Gasteiger charge is -2.40. The fourth-order valence-electron chi connectivity index (χ4n) is 4.10. The molecule has 1 fully saturated rings. The second-order valence-electron chi connectivity index (χ2n) is 9.89. The minimum absolute atomic E-state index is 0.0739. The molecule has 2 N–H and O–H groups in total. The van der Waals surface area contributed by atoms with Gasteiger partial charge in [-0.15, -0.1) is 0 Å². The second kappa shape index (κ2) is 11.4. The molecule has 12 nitrogen and oxygen atoms in total. The lowest BCUT2D eigenvalue weighted by molar-refractivity contribution is 0.239. The molecule has 2 aromatic heterocycles. The molecular weight excluding hydrogens is 566 g/mol. The summed E-state index contributed by atoms with van der Waals surface area (Å²) in [7, 11) is -2.04. The van der Waals surface area contributed by atoms with Gasteiger partial charge in [0.2, 0.25) is 20.8 Å². The maximum Gasteiger partial charge on any atom is 0.229 e. The minimum Gasteiger partial charge on any atom is -0.760 e. The molecule has 3 heterocycles. The third kappa shape index (κ3) is 6.35. The first-order chi connectivity index (χ1) is 18.3. The van der Waals surface area contributed by atoms with Crippen molar-refractivity contribution in [3.63, 3.8) is 0 Å². The van der Waals surface area contributed by atoms with Crippen molar-refractivity contribution in [1.82, 2.24) is 24.1 Å². The molecule has 1 aliphatic heterocycles. The van der Waals surface area contributed by atoms with E-state index in [0.29, 0.717) is 24.5 Å². The Morgan fingerprint density at radius 2 is 1.87 bits per heavy atom. The van der Waals surface area contributed by atoms with Gasteiger partial charge in [-0.05, 0) is 57.9 Å². The summed E-state index contributed by atoms with van der Waals surface area (Å²) >= 11 is 4.13. The van der Waals surface area contributed by atoms with Crippen molar-refractivity contribution in [2.24, 2.45) is 7.05 Å². The highest BCUT2D eigenvalue weighted by molar-refractivity contribution is 7.92. The first-order valence-electron chi connectivity index (χ1n) is 12.3. The van der Waals surface area contributed by atoms with Crippen LogP contribution in [0, 0.1) is 6.92 Å². The van der Waals surface area contributed by atoms with Gasteiger partial charge in [-0.2, -0.15) is 10.1 Å². The van der Waals surface area contributed by atoms with Crippen LogP contribution in [0.1, 0.15) is 44.7 Å². The standard InChI is InChI=1S/C24H32ClN7O5S2/c1-13(2)37-21-8-17(16-10-32(11-16)38(33)34)15(5)7-19(21)28-24-26-9-18(25)22(29-24)27-20-12-31(6)30-23(20)39(35,36)14(3)4/h7-9,12-14,16H,10-11H2,1-6H3,(H,33,34)(H2,26,27,28,29)/p-1. The van der Waals surface area contributed by atoms with Gasteiger partial charge in [0.05, 0.1) is 28.9 Å². The number of hydrogen-bond acceptors (Lipinski definition) is 10. The zero-order valence-electron chi connectivity index (χ0n) is 22.4. The molecule has 0 bridgehead atoms. The Balaban J connectivity index is 1.64. The number of halogens is 1. The number of aryl methyl sites for hydroxylation is 2. The summed E-state index contributed by atoms with van der Waals surface area (Å²) in [5, 5.41) is 9.71. The molecular formula is C24H31ClN7O5S2-. The van der Waals surface area contributed by atoms with Gasteiger partial charge in [0.1, 0.15) is 10.8 Å². The van der Waals surface area contributed by atoms with Crippen molar-refractivity contribution in [3.8, 4) is 5.75 Å². The van der Waals surface area contributed by atoms with Crippen LogP contribution in [-0.4, -0.2) is 65.7 Å². The van der Waals surface area contributed by atoms with Crippen LogP contribution in [0.2, 0.25) is 5.02 Å². The first kappa shape index (κ1) is 29.2. The Hall–Kier alpha value is -2.78. The molecule has 0 radical (unpaired) electrons. The Morgan fingerprint density at radius 3 is 2.49 bits per heavy atom. The average Bonchev–Trinajstić information content (AvgIpc) is 3.17. The monoisotopic (exact) mass is 596 g/mol. The molecule has 1 atom stereocenters. The molecule has 1 aliphatic rings. The van der Waals surface area contributed by atoms with Crippen molar-refractivity contribution in [2.75, 3.05) is 23.7 Å². The number of nitrogens with zero attached hydrogens (tertiary/aromatic N) is 5. The van der Waals surface area contributed by atoms with Crippen LogP contribution in [0.15, 0.2) is 29.6 Å². The van der Waals surface area contributed by atoms with Crippen LogP contribution in [0.25, 0.3) is 0 Å². The highest BCUT2D eigenvalue weighted by Gasteiger charge is 2.31. The molecule has 4 rings (SSSR count). The molecule has 0 spiro atoms. The van der Waals surface area contributed by atoms with Crippen molar-refractivity contribution in [2.45, 2.75) is 56.9 Å². The van der Waals surface area contributed by atoms with Gasteiger partial charge < -0.3 is 19.9 Å². The molecule has 1 aromatic carbocycles. The topological polar surface area (TPSA) is 154 Å². The number of rotatable bonds is 10. The van der Waals surface area contributed by atoms with Crippen LogP contribution in [0.5, 0.6) is 5.75 Å². The molecule has 15 heteroatoms. The summed E-state index contributed by atoms with van der Waals surface area (Å²) in [4.78, 5) is 8.76. The summed E-state index contributed by atoms with van der Waals surface area (Å²) in [6.45, 7) is 9.78. The first-order valence-corrected chi connectivity index (χ1v) is 15.2. The third-order valence-corrected chi connectivity index (χ3v) is 9.24. The largest absolute Gasteiger partial charge is 0.760 e. The number of sulfone groups is 1. The third-order valence-electron chi connectivity index (χ3n) is 6.16. The average molecular weight is 597 g/mol. The SMILES string of the molecule is Cc1cc(Nc2ncc(Cl)c(Nc3cn(C)nc3S(=O)(=O)C(C)C)n2)c(OC(C)C)cc1C1CN(S(=O)[O-])C1. The molecule has 1 unspecified atom stereocenters. The number of benzene rings is 1. The van der Waals surface area contributed by atoms with Crippen LogP contribution in [-0.2, 0) is 28.2 Å². The highest BCUT2D eigenvalue weighted by Crippen LogP contribution is 2.38. The maximum atomic E-state index is 12.8. The van der Waals surface area contributed by atoms with E-state index in [1.54, 1.807) is 27.1 Å². The fourth-order valence-corrected chi connectivity index (χ4v) is 5.94. The van der Waals surface area contributed by atoms with Crippen molar-refractivity contribution >= 4 is 55.8 Å². The summed E-state index contributed by atoms with van der Waals surface area (Å²) in [5.41, 5.74) is 2.83. The van der Waals surface area contributed by atoms with E-state index in [2.05, 4.69) is 25.7 Å². The Kier molecular flexibility index (Phi) is 8.52. The minimum atomic E-state index is -3.67. The number of nitrogens with one attached hydrogen (secondary N) is 2.